The first-order chi connectivity index (χ1) is 7.15. The summed E-state index contributed by atoms with van der Waals surface area (Å²) in [7, 11) is 0. The molecule has 0 saturated carbocycles. The molecule has 0 spiro atoms. The molecular formula is C9H12N2O3S. The molecule has 82 valence electrons. The smallest absolute Gasteiger partial charge is 0.269 e. The van der Waals surface area contributed by atoms with E-state index in [0.717, 1.165) is 0 Å². The molecule has 0 aromatic heterocycles. The van der Waals surface area contributed by atoms with Crippen LogP contribution in [0.4, 0.5) is 5.69 Å². The van der Waals surface area contributed by atoms with Gasteiger partial charge < -0.3 is 5.11 Å². The van der Waals surface area contributed by atoms with Crippen molar-refractivity contribution in [2.45, 2.75) is 6.23 Å². The average Bonchev–Trinajstić information content (AvgIpc) is 2.26. The molecule has 0 amide bonds. The predicted octanol–water partition coefficient (Wildman–Crippen LogP) is 1.11. The van der Waals surface area contributed by atoms with E-state index in [1.807, 2.05) is 0 Å². The van der Waals surface area contributed by atoms with Crippen LogP contribution >= 0.6 is 12.6 Å². The van der Waals surface area contributed by atoms with Gasteiger partial charge in [-0.1, -0.05) is 0 Å². The third-order valence-electron chi connectivity index (χ3n) is 1.87. The summed E-state index contributed by atoms with van der Waals surface area (Å²) in [6.07, 6.45) is -0.807. The maximum atomic E-state index is 10.4. The van der Waals surface area contributed by atoms with Crippen LogP contribution in [0.3, 0.4) is 0 Å². The van der Waals surface area contributed by atoms with Crippen molar-refractivity contribution in [3.63, 3.8) is 0 Å². The van der Waals surface area contributed by atoms with Crippen molar-refractivity contribution in [3.8, 4) is 0 Å². The number of non-ortho nitro benzene ring substituents is 1. The fourth-order valence-corrected chi connectivity index (χ4v) is 1.23. The van der Waals surface area contributed by atoms with Crippen molar-refractivity contribution >= 4 is 18.3 Å². The van der Waals surface area contributed by atoms with Crippen LogP contribution in [0, 0.1) is 10.1 Å². The number of nitro benzene ring substituents is 1. The maximum Gasteiger partial charge on any atom is 0.269 e. The Labute approximate surface area is 92.7 Å². The summed E-state index contributed by atoms with van der Waals surface area (Å²) in [5.41, 5.74) is 0.613. The first-order valence-corrected chi connectivity index (χ1v) is 5.05. The van der Waals surface area contributed by atoms with Gasteiger partial charge in [0, 0.05) is 24.4 Å². The van der Waals surface area contributed by atoms with Crippen LogP contribution in [0.25, 0.3) is 0 Å². The molecular weight excluding hydrogens is 216 g/mol. The molecule has 0 radical (unpaired) electrons. The number of thiol groups is 1. The number of aliphatic hydroxyl groups is 1. The Kier molecular flexibility index (Phi) is 4.54. The van der Waals surface area contributed by atoms with Gasteiger partial charge in [-0.25, -0.2) is 0 Å². The predicted molar refractivity (Wildman–Crippen MR) is 59.9 cm³/mol. The molecule has 0 fully saturated rings. The quantitative estimate of drug-likeness (QED) is 0.305. The Morgan fingerprint density at radius 3 is 2.53 bits per heavy atom. The third-order valence-corrected chi connectivity index (χ3v) is 2.09. The molecule has 1 aromatic carbocycles. The van der Waals surface area contributed by atoms with Crippen LogP contribution in [0.2, 0.25) is 0 Å². The van der Waals surface area contributed by atoms with Gasteiger partial charge in [0.2, 0.25) is 0 Å². The molecule has 0 bridgehead atoms. The van der Waals surface area contributed by atoms with Gasteiger partial charge in [0.25, 0.3) is 5.69 Å². The number of benzene rings is 1. The molecule has 0 unspecified atom stereocenters. The second-order valence-electron chi connectivity index (χ2n) is 2.93. The number of nitro groups is 1. The van der Waals surface area contributed by atoms with Crippen molar-refractivity contribution in [2.24, 2.45) is 0 Å². The Hall–Kier alpha value is -1.11. The van der Waals surface area contributed by atoms with Gasteiger partial charge in [0.15, 0.2) is 0 Å². The van der Waals surface area contributed by atoms with Gasteiger partial charge >= 0.3 is 0 Å². The van der Waals surface area contributed by atoms with E-state index in [4.69, 9.17) is 0 Å². The zero-order valence-corrected chi connectivity index (χ0v) is 8.85. The lowest BCUT2D eigenvalue weighted by Crippen LogP contribution is -2.22. The normalized spacial score (nSPS) is 12.4. The minimum absolute atomic E-state index is 0.0140. The van der Waals surface area contributed by atoms with Crippen molar-refractivity contribution in [1.29, 1.82) is 0 Å². The molecule has 0 aliphatic carbocycles. The first kappa shape index (κ1) is 12.0. The minimum Gasteiger partial charge on any atom is -0.374 e. The van der Waals surface area contributed by atoms with Gasteiger partial charge in [0.1, 0.15) is 6.23 Å². The monoisotopic (exact) mass is 228 g/mol. The SMILES string of the molecule is O=[N+]([O-])c1ccc([C@H](O)NCCS)cc1. The van der Waals surface area contributed by atoms with E-state index in [1.165, 1.54) is 24.3 Å². The number of nitrogens with one attached hydrogen (secondary N) is 1. The lowest BCUT2D eigenvalue weighted by Gasteiger charge is -2.11. The molecule has 1 atom stereocenters. The molecule has 0 heterocycles. The highest BCUT2D eigenvalue weighted by Gasteiger charge is 2.08. The van der Waals surface area contributed by atoms with E-state index in [-0.39, 0.29) is 5.69 Å². The van der Waals surface area contributed by atoms with E-state index in [9.17, 15) is 15.2 Å². The van der Waals surface area contributed by atoms with Crippen LogP contribution < -0.4 is 5.32 Å². The standard InChI is InChI=1S/C9H12N2O3S/c12-9(10-5-6-15)7-1-3-8(4-2-7)11(13)14/h1-4,9-10,12,15H,5-6H2/t9-/m0/s1. The topological polar surface area (TPSA) is 75.4 Å². The zero-order valence-electron chi connectivity index (χ0n) is 7.96. The molecule has 0 aliphatic rings. The van der Waals surface area contributed by atoms with Crippen molar-refractivity contribution in [2.75, 3.05) is 12.3 Å². The molecule has 5 nitrogen and oxygen atoms in total. The summed E-state index contributed by atoms with van der Waals surface area (Å²) in [6.45, 7) is 0.571. The van der Waals surface area contributed by atoms with E-state index < -0.39 is 11.2 Å². The van der Waals surface area contributed by atoms with Crippen molar-refractivity contribution in [3.05, 3.63) is 39.9 Å². The number of aliphatic hydroxyl groups excluding tert-OH is 1. The molecule has 1 aromatic rings. The minimum atomic E-state index is -0.807. The summed E-state index contributed by atoms with van der Waals surface area (Å²) < 4.78 is 0. The highest BCUT2D eigenvalue weighted by molar-refractivity contribution is 7.80. The number of nitrogens with zero attached hydrogens (tertiary/aromatic N) is 1. The summed E-state index contributed by atoms with van der Waals surface area (Å²) in [5.74, 6) is 0.615. The van der Waals surface area contributed by atoms with E-state index >= 15 is 0 Å². The summed E-state index contributed by atoms with van der Waals surface area (Å²) in [6, 6.07) is 5.77. The second-order valence-corrected chi connectivity index (χ2v) is 3.38. The molecule has 6 heteroatoms. The fraction of sp³-hybridized carbons (Fsp3) is 0.333. The van der Waals surface area contributed by atoms with Crippen LogP contribution in [0.1, 0.15) is 11.8 Å². The molecule has 0 aliphatic heterocycles. The van der Waals surface area contributed by atoms with Crippen LogP contribution in [0.15, 0.2) is 24.3 Å². The molecule has 2 N–H and O–H groups in total. The average molecular weight is 228 g/mol. The van der Waals surface area contributed by atoms with Crippen LogP contribution in [0.5, 0.6) is 0 Å². The molecule has 1 rings (SSSR count). The van der Waals surface area contributed by atoms with Crippen LogP contribution in [-0.2, 0) is 0 Å². The van der Waals surface area contributed by atoms with Gasteiger partial charge in [0.05, 0.1) is 4.92 Å². The van der Waals surface area contributed by atoms with Gasteiger partial charge in [-0.2, -0.15) is 12.6 Å². The zero-order chi connectivity index (χ0) is 11.3. The van der Waals surface area contributed by atoms with Gasteiger partial charge in [-0.05, 0) is 17.7 Å². The number of hydrogen-bond acceptors (Lipinski definition) is 5. The lowest BCUT2D eigenvalue weighted by molar-refractivity contribution is -0.384. The summed E-state index contributed by atoms with van der Waals surface area (Å²) in [5, 5.41) is 22.7. The van der Waals surface area contributed by atoms with E-state index in [1.54, 1.807) is 0 Å². The fourth-order valence-electron chi connectivity index (χ4n) is 1.10. The lowest BCUT2D eigenvalue weighted by atomic mass is 10.2. The second kappa shape index (κ2) is 5.69. The number of rotatable bonds is 5. The highest BCUT2D eigenvalue weighted by atomic mass is 32.1. The Balaban J connectivity index is 2.66. The highest BCUT2D eigenvalue weighted by Crippen LogP contribution is 2.15. The van der Waals surface area contributed by atoms with Crippen LogP contribution in [-0.4, -0.2) is 22.3 Å². The largest absolute Gasteiger partial charge is 0.374 e. The molecule has 15 heavy (non-hydrogen) atoms. The van der Waals surface area contributed by atoms with E-state index in [0.29, 0.717) is 17.9 Å². The van der Waals surface area contributed by atoms with Crippen molar-refractivity contribution < 1.29 is 10.0 Å². The van der Waals surface area contributed by atoms with E-state index in [2.05, 4.69) is 17.9 Å². The third kappa shape index (κ3) is 3.50. The Morgan fingerprint density at radius 1 is 1.47 bits per heavy atom. The van der Waals surface area contributed by atoms with Gasteiger partial charge in [-0.15, -0.1) is 0 Å². The Morgan fingerprint density at radius 2 is 2.07 bits per heavy atom. The summed E-state index contributed by atoms with van der Waals surface area (Å²) in [4.78, 5) is 9.90. The summed E-state index contributed by atoms with van der Waals surface area (Å²) >= 11 is 3.99. The van der Waals surface area contributed by atoms with Gasteiger partial charge in [-0.3, -0.25) is 15.4 Å². The Bertz CT molecular complexity index is 329. The maximum absolute atomic E-state index is 10.4. The first-order valence-electron chi connectivity index (χ1n) is 4.42. The molecule has 0 saturated heterocycles. The van der Waals surface area contributed by atoms with Crippen molar-refractivity contribution in [1.82, 2.24) is 5.32 Å². The number of hydrogen-bond donors (Lipinski definition) is 3.